The maximum atomic E-state index is 12.0. The minimum absolute atomic E-state index is 0.0896. The summed E-state index contributed by atoms with van der Waals surface area (Å²) < 4.78 is 5.52. The molecule has 1 amide bonds. The maximum Gasteiger partial charge on any atom is 0.234 e. The highest BCUT2D eigenvalue weighted by Crippen LogP contribution is 2.39. The summed E-state index contributed by atoms with van der Waals surface area (Å²) in [4.78, 5) is 14.2. The van der Waals surface area contributed by atoms with Crippen molar-refractivity contribution in [1.82, 2.24) is 10.2 Å². The number of likely N-dealkylation sites (tertiary alicyclic amines) is 1. The summed E-state index contributed by atoms with van der Waals surface area (Å²) in [6, 6.07) is 0. The molecule has 0 aromatic heterocycles. The van der Waals surface area contributed by atoms with Crippen LogP contribution in [0.1, 0.15) is 44.9 Å². The molecule has 1 aliphatic carbocycles. The lowest BCUT2D eigenvalue weighted by molar-refractivity contribution is -0.127. The summed E-state index contributed by atoms with van der Waals surface area (Å²) >= 11 is 0. The highest BCUT2D eigenvalue weighted by molar-refractivity contribution is 5.78. The van der Waals surface area contributed by atoms with Gasteiger partial charge in [-0.05, 0) is 32.1 Å². The van der Waals surface area contributed by atoms with E-state index in [1.54, 1.807) is 0 Å². The number of amides is 1. The molecular formula is C16H28N2O3. The SMILES string of the molecule is O=C(CN1CCC2(O)CCCCC2C1)NCC1CCCO1. The molecule has 2 aliphatic heterocycles. The second-order valence-electron chi connectivity index (χ2n) is 6.97. The van der Waals surface area contributed by atoms with Gasteiger partial charge in [0, 0.05) is 32.2 Å². The smallest absolute Gasteiger partial charge is 0.234 e. The molecule has 0 bridgehead atoms. The first-order chi connectivity index (χ1) is 10.2. The number of nitrogens with zero attached hydrogens (tertiary/aromatic N) is 1. The van der Waals surface area contributed by atoms with Crippen LogP contribution in [0.25, 0.3) is 0 Å². The zero-order valence-electron chi connectivity index (χ0n) is 12.9. The van der Waals surface area contributed by atoms with Crippen LogP contribution < -0.4 is 5.32 Å². The molecule has 2 N–H and O–H groups in total. The molecule has 3 aliphatic rings. The van der Waals surface area contributed by atoms with Crippen molar-refractivity contribution >= 4 is 5.91 Å². The molecule has 0 spiro atoms. The van der Waals surface area contributed by atoms with E-state index in [1.807, 2.05) is 0 Å². The van der Waals surface area contributed by atoms with E-state index in [0.29, 0.717) is 19.0 Å². The summed E-state index contributed by atoms with van der Waals surface area (Å²) in [6.45, 7) is 3.62. The molecule has 1 saturated carbocycles. The van der Waals surface area contributed by atoms with Gasteiger partial charge in [0.25, 0.3) is 0 Å². The van der Waals surface area contributed by atoms with Gasteiger partial charge >= 0.3 is 0 Å². The van der Waals surface area contributed by atoms with Crippen molar-refractivity contribution in [2.45, 2.75) is 56.7 Å². The summed E-state index contributed by atoms with van der Waals surface area (Å²) in [6.07, 6.45) is 7.59. The Balaban J connectivity index is 1.42. The molecule has 3 unspecified atom stereocenters. The number of rotatable bonds is 4. The number of piperidine rings is 1. The predicted molar refractivity (Wildman–Crippen MR) is 79.9 cm³/mol. The Morgan fingerprint density at radius 3 is 3.00 bits per heavy atom. The molecule has 5 heteroatoms. The van der Waals surface area contributed by atoms with Crippen LogP contribution in [0.4, 0.5) is 0 Å². The molecule has 2 saturated heterocycles. The van der Waals surface area contributed by atoms with Crippen molar-refractivity contribution in [3.63, 3.8) is 0 Å². The van der Waals surface area contributed by atoms with Gasteiger partial charge in [0.05, 0.1) is 18.2 Å². The second-order valence-corrected chi connectivity index (χ2v) is 6.97. The van der Waals surface area contributed by atoms with Crippen molar-refractivity contribution in [3.8, 4) is 0 Å². The fourth-order valence-electron chi connectivity index (χ4n) is 4.08. The Morgan fingerprint density at radius 2 is 2.19 bits per heavy atom. The first-order valence-corrected chi connectivity index (χ1v) is 8.49. The third kappa shape index (κ3) is 3.76. The Morgan fingerprint density at radius 1 is 1.29 bits per heavy atom. The van der Waals surface area contributed by atoms with E-state index in [4.69, 9.17) is 4.74 Å². The normalized spacial score (nSPS) is 37.2. The fraction of sp³-hybridized carbons (Fsp3) is 0.938. The number of aliphatic hydroxyl groups is 1. The molecule has 0 aromatic carbocycles. The van der Waals surface area contributed by atoms with Crippen molar-refractivity contribution < 1.29 is 14.6 Å². The van der Waals surface area contributed by atoms with Crippen molar-refractivity contribution in [2.24, 2.45) is 5.92 Å². The van der Waals surface area contributed by atoms with E-state index in [0.717, 1.165) is 58.2 Å². The van der Waals surface area contributed by atoms with Gasteiger partial charge in [0.1, 0.15) is 0 Å². The fourth-order valence-corrected chi connectivity index (χ4v) is 4.08. The van der Waals surface area contributed by atoms with Gasteiger partial charge in [-0.25, -0.2) is 0 Å². The molecule has 3 fully saturated rings. The van der Waals surface area contributed by atoms with Crippen molar-refractivity contribution in [3.05, 3.63) is 0 Å². The zero-order chi connectivity index (χ0) is 14.7. The van der Waals surface area contributed by atoms with E-state index in [2.05, 4.69) is 10.2 Å². The zero-order valence-corrected chi connectivity index (χ0v) is 12.9. The van der Waals surface area contributed by atoms with E-state index in [-0.39, 0.29) is 12.0 Å². The lowest BCUT2D eigenvalue weighted by Gasteiger charge is -2.47. The largest absolute Gasteiger partial charge is 0.390 e. The summed E-state index contributed by atoms with van der Waals surface area (Å²) in [5, 5.41) is 13.6. The van der Waals surface area contributed by atoms with E-state index in [1.165, 1.54) is 6.42 Å². The van der Waals surface area contributed by atoms with Crippen LogP contribution in [0.2, 0.25) is 0 Å². The Labute approximate surface area is 127 Å². The highest BCUT2D eigenvalue weighted by atomic mass is 16.5. The van der Waals surface area contributed by atoms with Gasteiger partial charge in [-0.2, -0.15) is 0 Å². The molecule has 3 rings (SSSR count). The molecule has 2 heterocycles. The number of ether oxygens (including phenoxy) is 1. The summed E-state index contributed by atoms with van der Waals surface area (Å²) in [5.74, 6) is 0.442. The van der Waals surface area contributed by atoms with Gasteiger partial charge < -0.3 is 15.2 Å². The Bertz CT molecular complexity index is 371. The number of hydrogen-bond acceptors (Lipinski definition) is 4. The number of hydrogen-bond donors (Lipinski definition) is 2. The highest BCUT2D eigenvalue weighted by Gasteiger charge is 2.42. The number of carbonyl (C=O) groups excluding carboxylic acids is 1. The first-order valence-electron chi connectivity index (χ1n) is 8.49. The van der Waals surface area contributed by atoms with Crippen LogP contribution in [-0.2, 0) is 9.53 Å². The molecule has 120 valence electrons. The first kappa shape index (κ1) is 15.3. The third-order valence-corrected chi connectivity index (χ3v) is 5.43. The van der Waals surface area contributed by atoms with Crippen LogP contribution in [0, 0.1) is 5.92 Å². The predicted octanol–water partition coefficient (Wildman–Crippen LogP) is 0.909. The molecule has 3 atom stereocenters. The minimum Gasteiger partial charge on any atom is -0.390 e. The van der Waals surface area contributed by atoms with Crippen molar-refractivity contribution in [1.29, 1.82) is 0 Å². The lowest BCUT2D eigenvalue weighted by Crippen LogP contribution is -2.55. The second kappa shape index (κ2) is 6.63. The van der Waals surface area contributed by atoms with Crippen LogP contribution in [0.3, 0.4) is 0 Å². The van der Waals surface area contributed by atoms with Gasteiger partial charge in [-0.3, -0.25) is 9.69 Å². The van der Waals surface area contributed by atoms with Crippen LogP contribution in [-0.4, -0.2) is 60.4 Å². The topological polar surface area (TPSA) is 61.8 Å². The van der Waals surface area contributed by atoms with E-state index in [9.17, 15) is 9.90 Å². The average Bonchev–Trinajstić information content (AvgIpc) is 2.99. The molecule has 0 aromatic rings. The Hall–Kier alpha value is -0.650. The van der Waals surface area contributed by atoms with Gasteiger partial charge in [0.2, 0.25) is 5.91 Å². The summed E-state index contributed by atoms with van der Waals surface area (Å²) in [7, 11) is 0. The van der Waals surface area contributed by atoms with Crippen LogP contribution in [0.15, 0.2) is 0 Å². The maximum absolute atomic E-state index is 12.0. The van der Waals surface area contributed by atoms with E-state index < -0.39 is 5.60 Å². The number of carbonyl (C=O) groups is 1. The lowest BCUT2D eigenvalue weighted by atomic mass is 9.71. The van der Waals surface area contributed by atoms with Gasteiger partial charge in [-0.15, -0.1) is 0 Å². The van der Waals surface area contributed by atoms with Gasteiger partial charge in [-0.1, -0.05) is 12.8 Å². The molecular weight excluding hydrogens is 268 g/mol. The van der Waals surface area contributed by atoms with Crippen LogP contribution >= 0.6 is 0 Å². The molecule has 5 nitrogen and oxygen atoms in total. The minimum atomic E-state index is -0.455. The average molecular weight is 296 g/mol. The Kier molecular flexibility index (Phi) is 4.82. The van der Waals surface area contributed by atoms with Crippen LogP contribution in [0.5, 0.6) is 0 Å². The monoisotopic (exact) mass is 296 g/mol. The molecule has 0 radical (unpaired) electrons. The number of nitrogens with one attached hydrogen (secondary N) is 1. The van der Waals surface area contributed by atoms with Gasteiger partial charge in [0.15, 0.2) is 0 Å². The quantitative estimate of drug-likeness (QED) is 0.809. The van der Waals surface area contributed by atoms with E-state index >= 15 is 0 Å². The summed E-state index contributed by atoms with van der Waals surface area (Å²) in [5.41, 5.74) is -0.455. The standard InChI is InChI=1S/C16H28N2O3/c19-15(17-10-14-5-3-9-21-14)12-18-8-7-16(20)6-2-1-4-13(16)11-18/h13-14,20H,1-12H2,(H,17,19). The van der Waals surface area contributed by atoms with Crippen molar-refractivity contribution in [2.75, 3.05) is 32.8 Å². The molecule has 21 heavy (non-hydrogen) atoms. The third-order valence-electron chi connectivity index (χ3n) is 5.43. The number of fused-ring (bicyclic) bond motifs is 1.